The van der Waals surface area contributed by atoms with E-state index in [0.29, 0.717) is 31.5 Å². The first-order valence-electron chi connectivity index (χ1n) is 6.13. The second-order valence-electron chi connectivity index (χ2n) is 4.81. The number of nitrogens with zero attached hydrogens (tertiary/aromatic N) is 1. The molecule has 0 amide bonds. The van der Waals surface area contributed by atoms with Crippen LogP contribution in [0.5, 0.6) is 0 Å². The summed E-state index contributed by atoms with van der Waals surface area (Å²) in [4.78, 5) is 12.3. The zero-order valence-electron chi connectivity index (χ0n) is 10.7. The molecule has 1 heterocycles. The van der Waals surface area contributed by atoms with Gasteiger partial charge in [-0.2, -0.15) is 0 Å². The minimum Gasteiger partial charge on any atom is -0.294 e. The highest BCUT2D eigenvalue weighted by atomic mass is 79.9. The lowest BCUT2D eigenvalue weighted by molar-refractivity contribution is 0.0875. The average Bonchev–Trinajstić information content (AvgIpc) is 2.38. The number of hydrogen-bond acceptors (Lipinski definition) is 3. The SMILES string of the molecule is CS(=O)(=O)N1CCC(C(=O)c2ccc(Br)cc2)CC1. The molecule has 0 saturated carbocycles. The number of benzene rings is 1. The maximum absolute atomic E-state index is 12.3. The van der Waals surface area contributed by atoms with Gasteiger partial charge in [0.25, 0.3) is 0 Å². The molecule has 1 aromatic carbocycles. The summed E-state index contributed by atoms with van der Waals surface area (Å²) >= 11 is 3.34. The van der Waals surface area contributed by atoms with Gasteiger partial charge in [-0.1, -0.05) is 28.1 Å². The van der Waals surface area contributed by atoms with Gasteiger partial charge in [0, 0.05) is 29.0 Å². The number of hydrogen-bond donors (Lipinski definition) is 0. The van der Waals surface area contributed by atoms with Crippen LogP contribution in [0.3, 0.4) is 0 Å². The molecule has 0 radical (unpaired) electrons. The summed E-state index contributed by atoms with van der Waals surface area (Å²) in [6, 6.07) is 7.29. The molecule has 2 rings (SSSR count). The fraction of sp³-hybridized carbons (Fsp3) is 0.462. The van der Waals surface area contributed by atoms with Gasteiger partial charge in [-0.3, -0.25) is 4.79 Å². The van der Waals surface area contributed by atoms with Crippen molar-refractivity contribution < 1.29 is 13.2 Å². The molecule has 4 nitrogen and oxygen atoms in total. The maximum atomic E-state index is 12.3. The van der Waals surface area contributed by atoms with Crippen LogP contribution < -0.4 is 0 Å². The van der Waals surface area contributed by atoms with Gasteiger partial charge in [-0.25, -0.2) is 12.7 Å². The van der Waals surface area contributed by atoms with E-state index in [1.54, 1.807) is 12.1 Å². The van der Waals surface area contributed by atoms with E-state index < -0.39 is 10.0 Å². The predicted molar refractivity (Wildman–Crippen MR) is 77.6 cm³/mol. The van der Waals surface area contributed by atoms with E-state index in [4.69, 9.17) is 0 Å². The van der Waals surface area contributed by atoms with Crippen LogP contribution in [0.1, 0.15) is 23.2 Å². The summed E-state index contributed by atoms with van der Waals surface area (Å²) in [6.45, 7) is 0.873. The van der Waals surface area contributed by atoms with Crippen molar-refractivity contribution in [2.24, 2.45) is 5.92 Å². The Kier molecular flexibility index (Phi) is 4.43. The summed E-state index contributed by atoms with van der Waals surface area (Å²) in [5.41, 5.74) is 0.695. The maximum Gasteiger partial charge on any atom is 0.211 e. The van der Waals surface area contributed by atoms with Crippen molar-refractivity contribution >= 4 is 31.7 Å². The molecule has 1 aliphatic rings. The van der Waals surface area contributed by atoms with Crippen molar-refractivity contribution in [1.29, 1.82) is 0 Å². The molecule has 1 saturated heterocycles. The fourth-order valence-electron chi connectivity index (χ4n) is 2.30. The quantitative estimate of drug-likeness (QED) is 0.790. The molecule has 1 aliphatic heterocycles. The van der Waals surface area contributed by atoms with Gasteiger partial charge >= 0.3 is 0 Å². The summed E-state index contributed by atoms with van der Waals surface area (Å²) in [5, 5.41) is 0. The van der Waals surface area contributed by atoms with Gasteiger partial charge < -0.3 is 0 Å². The van der Waals surface area contributed by atoms with Gasteiger partial charge in [-0.15, -0.1) is 0 Å². The summed E-state index contributed by atoms with van der Waals surface area (Å²) in [5.74, 6) is 0.0415. The molecule has 104 valence electrons. The standard InChI is InChI=1S/C13H16BrNO3S/c1-19(17,18)15-8-6-11(7-9-15)13(16)10-2-4-12(14)5-3-10/h2-5,11H,6-9H2,1H3. The molecule has 0 bridgehead atoms. The van der Waals surface area contributed by atoms with Crippen LogP contribution in [0.15, 0.2) is 28.7 Å². The second kappa shape index (κ2) is 5.73. The van der Waals surface area contributed by atoms with Crippen molar-refractivity contribution in [3.05, 3.63) is 34.3 Å². The molecule has 1 fully saturated rings. The van der Waals surface area contributed by atoms with Crippen molar-refractivity contribution in [3.8, 4) is 0 Å². The van der Waals surface area contributed by atoms with Crippen LogP contribution in [0.25, 0.3) is 0 Å². The van der Waals surface area contributed by atoms with E-state index in [1.807, 2.05) is 12.1 Å². The van der Waals surface area contributed by atoms with E-state index in [1.165, 1.54) is 10.6 Å². The van der Waals surface area contributed by atoms with Crippen LogP contribution >= 0.6 is 15.9 Å². The van der Waals surface area contributed by atoms with E-state index in [0.717, 1.165) is 4.47 Å². The second-order valence-corrected chi connectivity index (χ2v) is 7.71. The minimum atomic E-state index is -3.13. The van der Waals surface area contributed by atoms with Crippen molar-refractivity contribution in [2.45, 2.75) is 12.8 Å². The van der Waals surface area contributed by atoms with Crippen LogP contribution in [-0.2, 0) is 10.0 Å². The first-order valence-corrected chi connectivity index (χ1v) is 8.77. The van der Waals surface area contributed by atoms with E-state index in [-0.39, 0.29) is 11.7 Å². The number of halogens is 1. The van der Waals surface area contributed by atoms with E-state index >= 15 is 0 Å². The van der Waals surface area contributed by atoms with Crippen LogP contribution in [-0.4, -0.2) is 37.9 Å². The largest absolute Gasteiger partial charge is 0.294 e. The average molecular weight is 346 g/mol. The molecule has 0 N–H and O–H groups in total. The number of piperidine rings is 1. The third kappa shape index (κ3) is 3.64. The normalized spacial score (nSPS) is 18.4. The minimum absolute atomic E-state index is 0.0702. The van der Waals surface area contributed by atoms with E-state index in [9.17, 15) is 13.2 Å². The molecule has 19 heavy (non-hydrogen) atoms. The molecule has 6 heteroatoms. The Labute approximate surface area is 122 Å². The summed E-state index contributed by atoms with van der Waals surface area (Å²) in [7, 11) is -3.13. The Morgan fingerprint density at radius 1 is 1.21 bits per heavy atom. The zero-order chi connectivity index (χ0) is 14.0. The lowest BCUT2D eigenvalue weighted by Crippen LogP contribution is -2.39. The number of rotatable bonds is 3. The van der Waals surface area contributed by atoms with Gasteiger partial charge in [0.1, 0.15) is 0 Å². The molecular weight excluding hydrogens is 330 g/mol. The van der Waals surface area contributed by atoms with Crippen molar-refractivity contribution in [1.82, 2.24) is 4.31 Å². The number of sulfonamides is 1. The lowest BCUT2D eigenvalue weighted by Gasteiger charge is -2.29. The number of carbonyl (C=O) groups excluding carboxylic acids is 1. The van der Waals surface area contributed by atoms with Crippen LogP contribution in [0.4, 0.5) is 0 Å². The van der Waals surface area contributed by atoms with Crippen molar-refractivity contribution in [3.63, 3.8) is 0 Å². The Morgan fingerprint density at radius 2 is 1.74 bits per heavy atom. The van der Waals surface area contributed by atoms with Crippen LogP contribution in [0, 0.1) is 5.92 Å². The molecule has 0 aromatic heterocycles. The number of Topliss-reactive ketones (excluding diaryl/α,β-unsaturated/α-hetero) is 1. The predicted octanol–water partition coefficient (Wildman–Crippen LogP) is 2.30. The van der Waals surface area contributed by atoms with Crippen molar-refractivity contribution in [2.75, 3.05) is 19.3 Å². The lowest BCUT2D eigenvalue weighted by atomic mass is 9.90. The highest BCUT2D eigenvalue weighted by molar-refractivity contribution is 9.10. The smallest absolute Gasteiger partial charge is 0.211 e. The van der Waals surface area contributed by atoms with E-state index in [2.05, 4.69) is 15.9 Å². The van der Waals surface area contributed by atoms with Gasteiger partial charge in [-0.05, 0) is 25.0 Å². The summed E-state index contributed by atoms with van der Waals surface area (Å²) < 4.78 is 25.2. The topological polar surface area (TPSA) is 54.5 Å². The summed E-state index contributed by atoms with van der Waals surface area (Å²) in [6.07, 6.45) is 2.41. The molecular formula is C13H16BrNO3S. The fourth-order valence-corrected chi connectivity index (χ4v) is 3.44. The monoisotopic (exact) mass is 345 g/mol. The third-order valence-corrected chi connectivity index (χ3v) is 5.25. The van der Waals surface area contributed by atoms with Gasteiger partial charge in [0.15, 0.2) is 5.78 Å². The van der Waals surface area contributed by atoms with Crippen LogP contribution in [0.2, 0.25) is 0 Å². The highest BCUT2D eigenvalue weighted by Crippen LogP contribution is 2.23. The molecule has 0 unspecified atom stereocenters. The Morgan fingerprint density at radius 3 is 2.21 bits per heavy atom. The zero-order valence-corrected chi connectivity index (χ0v) is 13.1. The third-order valence-electron chi connectivity index (χ3n) is 3.42. The first kappa shape index (κ1) is 14.7. The Hall–Kier alpha value is -0.720. The number of carbonyl (C=O) groups is 1. The number of ketones is 1. The molecule has 1 aromatic rings. The first-order chi connectivity index (χ1) is 8.88. The Balaban J connectivity index is 2.02. The van der Waals surface area contributed by atoms with Gasteiger partial charge in [0.05, 0.1) is 6.26 Å². The molecule has 0 spiro atoms. The van der Waals surface area contributed by atoms with Gasteiger partial charge in [0.2, 0.25) is 10.0 Å². The Bertz CT molecular complexity index is 560. The highest BCUT2D eigenvalue weighted by Gasteiger charge is 2.29. The molecule has 0 atom stereocenters. The molecule has 0 aliphatic carbocycles.